The topological polar surface area (TPSA) is 6.48 Å². The molecule has 4 heteroatoms. The fourth-order valence-corrected chi connectivity index (χ4v) is 17.2. The maximum atomic E-state index is 4.11. The molecule has 0 radical (unpaired) electrons. The molecule has 0 N–H and O–H groups in total. The normalized spacial score (nSPS) is 13.2. The number of fused-ring (bicyclic) bond motifs is 8. The molecule has 12 aromatic carbocycles. The fraction of sp³-hybridized carbons (Fsp3) is 0.0698. The average molecular weight is 1190 g/mol. The highest BCUT2D eigenvalue weighted by Crippen LogP contribution is 2.64. The van der Waals surface area contributed by atoms with Gasteiger partial charge in [0, 0.05) is 31.9 Å². The summed E-state index contributed by atoms with van der Waals surface area (Å²) in [6.07, 6.45) is 3.84. The Morgan fingerprint density at radius 3 is 1.00 bits per heavy atom. The van der Waals surface area contributed by atoms with Crippen molar-refractivity contribution in [3.8, 4) is 32.0 Å². The monoisotopic (exact) mass is 1190 g/mol. The van der Waals surface area contributed by atoms with Crippen molar-refractivity contribution in [3.05, 3.63) is 370 Å². The van der Waals surface area contributed by atoms with Crippen molar-refractivity contribution in [1.29, 1.82) is 0 Å². The smallest absolute Gasteiger partial charge is 0.101 e. The predicted molar refractivity (Wildman–Crippen MR) is 386 cm³/mol. The van der Waals surface area contributed by atoms with Crippen molar-refractivity contribution >= 4 is 89.1 Å². The number of hydrogen-bond acceptors (Lipinski definition) is 4. The maximum Gasteiger partial charge on any atom is 0.101 e. The van der Waals surface area contributed by atoms with Gasteiger partial charge in [-0.05, 0) is 177 Å². The van der Waals surface area contributed by atoms with Crippen molar-refractivity contribution in [3.63, 3.8) is 0 Å². The van der Waals surface area contributed by atoms with Gasteiger partial charge in [0.05, 0.1) is 22.2 Å². The first kappa shape index (κ1) is 55.0. The third-order valence-electron chi connectivity index (χ3n) is 19.1. The van der Waals surface area contributed by atoms with Crippen molar-refractivity contribution in [1.82, 2.24) is 0 Å². The second-order valence-electron chi connectivity index (χ2n) is 24.4. The summed E-state index contributed by atoms with van der Waals surface area (Å²) >= 11 is 3.78. The van der Waals surface area contributed by atoms with Crippen LogP contribution in [0.25, 0.3) is 65.7 Å². The van der Waals surface area contributed by atoms with Gasteiger partial charge < -0.3 is 9.80 Å². The van der Waals surface area contributed by atoms with E-state index in [-0.39, 0.29) is 0 Å². The Bertz CT molecular complexity index is 4690. The Kier molecular flexibility index (Phi) is 13.3. The molecule has 0 unspecified atom stereocenters. The summed E-state index contributed by atoms with van der Waals surface area (Å²) in [6.45, 7) is 17.0. The fourth-order valence-electron chi connectivity index (χ4n) is 14.6. The van der Waals surface area contributed by atoms with Crippen molar-refractivity contribution in [2.24, 2.45) is 0 Å². The minimum absolute atomic E-state index is 0.666. The van der Waals surface area contributed by atoms with Crippen molar-refractivity contribution < 1.29 is 0 Å². The van der Waals surface area contributed by atoms with Crippen LogP contribution in [0.2, 0.25) is 0 Å². The van der Waals surface area contributed by atoms with Gasteiger partial charge in [-0.1, -0.05) is 266 Å². The van der Waals surface area contributed by atoms with Crippen LogP contribution < -0.4 is 9.80 Å². The second-order valence-corrected chi connectivity index (χ2v) is 26.5. The van der Waals surface area contributed by atoms with Crippen LogP contribution in [-0.4, -0.2) is 0 Å². The van der Waals surface area contributed by atoms with E-state index in [4.69, 9.17) is 0 Å². The largest absolute Gasteiger partial charge is 0.301 e. The number of benzene rings is 12. The van der Waals surface area contributed by atoms with E-state index in [1.807, 2.05) is 34.8 Å². The van der Waals surface area contributed by atoms with E-state index in [9.17, 15) is 0 Å². The number of thiophene rings is 2. The van der Waals surface area contributed by atoms with E-state index >= 15 is 0 Å². The van der Waals surface area contributed by atoms with Crippen molar-refractivity contribution in [2.45, 2.75) is 38.5 Å². The van der Waals surface area contributed by atoms with Gasteiger partial charge in [0.15, 0.2) is 0 Å². The lowest BCUT2D eigenvalue weighted by atomic mass is 9.67. The molecule has 430 valence electrons. The number of rotatable bonds is 13. The predicted octanol–water partition coefficient (Wildman–Crippen LogP) is 24.0. The number of nitrogens with zero attached hydrogens (tertiary/aromatic N) is 2. The summed E-state index contributed by atoms with van der Waals surface area (Å²) < 4.78 is 0. The Hall–Kier alpha value is -10.4. The molecule has 14 aromatic rings. The van der Waals surface area contributed by atoms with Crippen LogP contribution in [0.5, 0.6) is 0 Å². The molecule has 0 aliphatic heterocycles. The first-order chi connectivity index (χ1) is 44.1. The molecule has 2 aliphatic carbocycles. The highest BCUT2D eigenvalue weighted by Gasteiger charge is 2.50. The Balaban J connectivity index is 0.927. The summed E-state index contributed by atoms with van der Waals surface area (Å²) in [7, 11) is 0. The van der Waals surface area contributed by atoms with E-state index in [1.165, 1.54) is 120 Å². The Labute approximate surface area is 535 Å². The number of hydrogen-bond donors (Lipinski definition) is 0. The molecule has 0 fully saturated rings. The van der Waals surface area contributed by atoms with Crippen molar-refractivity contribution in [2.75, 3.05) is 9.80 Å². The van der Waals surface area contributed by atoms with E-state index in [2.05, 4.69) is 330 Å². The highest BCUT2D eigenvalue weighted by molar-refractivity contribution is 7.20. The third-order valence-corrected chi connectivity index (χ3v) is 21.4. The van der Waals surface area contributed by atoms with Crippen LogP contribution in [0.15, 0.2) is 292 Å². The molecule has 0 atom stereocenters. The zero-order valence-electron chi connectivity index (χ0n) is 50.8. The summed E-state index contributed by atoms with van der Waals surface area (Å²) in [5.74, 6) is 0. The average Bonchev–Trinajstić information content (AvgIpc) is 1.53. The Morgan fingerprint density at radius 1 is 0.322 bits per heavy atom. The molecule has 0 saturated heterocycles. The molecule has 2 aromatic heterocycles. The lowest BCUT2D eigenvalue weighted by molar-refractivity contribution is 0.768. The molecule has 90 heavy (non-hydrogen) atoms. The molecule has 0 saturated carbocycles. The van der Waals surface area contributed by atoms with E-state index in [1.54, 1.807) is 0 Å². The second kappa shape index (κ2) is 21.7. The molecule has 0 spiro atoms. The minimum atomic E-state index is -0.666. The van der Waals surface area contributed by atoms with Gasteiger partial charge in [-0.3, -0.25) is 0 Å². The molecule has 2 nitrogen and oxygen atoms in total. The van der Waals surface area contributed by atoms with Crippen LogP contribution in [-0.2, 0) is 10.8 Å². The molecule has 16 rings (SSSR count). The van der Waals surface area contributed by atoms with Gasteiger partial charge in [0.1, 0.15) is 10.0 Å². The number of aryl methyl sites for hydroxylation is 4. The van der Waals surface area contributed by atoms with Gasteiger partial charge in [-0.25, -0.2) is 0 Å². The van der Waals surface area contributed by atoms with Crippen LogP contribution in [0, 0.1) is 27.7 Å². The molecular formula is C86H64N2S2. The zero-order chi connectivity index (χ0) is 60.8. The molecule has 0 bridgehead atoms. The molecular weight excluding hydrogens is 1130 g/mol. The van der Waals surface area contributed by atoms with E-state index in [0.29, 0.717) is 0 Å². The number of anilines is 6. The lowest BCUT2D eigenvalue weighted by Gasteiger charge is -2.35. The van der Waals surface area contributed by atoms with Gasteiger partial charge in [-0.2, -0.15) is 0 Å². The standard InChI is InChI=1S/C86H64N2S2/c1-7-59-31-45-69(46-32-59)87(79-21-13-17-61-15-9-11-19-71(61)79)81-53-77-83(89-81)73-49-35-63(51-75(73)85(77,65-37-23-55(3)24-38-65)66-39-25-56(4)26-40-66)64-36-50-74-76(52-64)86(67-41-27-57(5)28-42-67,68-43-29-58(6)30-44-68)78-54-82(90-84(74)78)88(70-47-33-60(8-2)34-48-70)80-22-14-18-62-16-10-12-20-72(62)80/h7-54H,1-2H2,3-6H3. The van der Waals surface area contributed by atoms with Crippen LogP contribution >= 0.6 is 22.7 Å². The van der Waals surface area contributed by atoms with Gasteiger partial charge in [-0.15, -0.1) is 22.7 Å². The quantitative estimate of drug-likeness (QED) is 0.114. The summed E-state index contributed by atoms with van der Waals surface area (Å²) in [5, 5.41) is 7.12. The summed E-state index contributed by atoms with van der Waals surface area (Å²) in [5.41, 5.74) is 25.2. The van der Waals surface area contributed by atoms with E-state index in [0.717, 1.165) is 43.9 Å². The first-order valence-corrected chi connectivity index (χ1v) is 32.6. The van der Waals surface area contributed by atoms with Gasteiger partial charge in [0.25, 0.3) is 0 Å². The minimum Gasteiger partial charge on any atom is -0.301 e. The zero-order valence-corrected chi connectivity index (χ0v) is 52.5. The van der Waals surface area contributed by atoms with Gasteiger partial charge >= 0.3 is 0 Å². The highest BCUT2D eigenvalue weighted by atomic mass is 32.1. The Morgan fingerprint density at radius 2 is 0.656 bits per heavy atom. The summed E-state index contributed by atoms with van der Waals surface area (Å²) in [6, 6.07) is 106. The van der Waals surface area contributed by atoms with E-state index < -0.39 is 10.8 Å². The lowest BCUT2D eigenvalue weighted by Crippen LogP contribution is -2.29. The van der Waals surface area contributed by atoms with Gasteiger partial charge in [0.2, 0.25) is 0 Å². The third kappa shape index (κ3) is 8.65. The molecule has 2 aliphatic rings. The SMILES string of the molecule is C=Cc1ccc(N(c2cc3c(s2)-c2ccc(-c4ccc5c(c4)C(c4ccc(C)cc4)(c4ccc(C)cc4)c4cc(N(c6ccc(C=C)cc6)c6cccc7ccccc67)sc4-5)cc2C3(c2ccc(C)cc2)c2ccc(C)cc2)c2cccc3ccccc23)cc1. The van der Waals surface area contributed by atoms with Crippen LogP contribution in [0.4, 0.5) is 32.8 Å². The maximum absolute atomic E-state index is 4.11. The molecule has 0 amide bonds. The summed E-state index contributed by atoms with van der Waals surface area (Å²) in [4.78, 5) is 7.51. The van der Waals surface area contributed by atoms with Crippen LogP contribution in [0.3, 0.4) is 0 Å². The van der Waals surface area contributed by atoms with Crippen LogP contribution in [0.1, 0.15) is 77.9 Å². The first-order valence-electron chi connectivity index (χ1n) is 31.0. The molecule has 2 heterocycles.